The fourth-order valence-corrected chi connectivity index (χ4v) is 3.30. The first kappa shape index (κ1) is 16.2. The first-order valence-corrected chi connectivity index (χ1v) is 8.18. The van der Waals surface area contributed by atoms with Gasteiger partial charge in [0, 0.05) is 6.04 Å². The Kier molecular flexibility index (Phi) is 4.95. The molecular formula is C16H17NO4S. The van der Waals surface area contributed by atoms with Crippen LogP contribution in [0, 0.1) is 0 Å². The maximum atomic E-state index is 12.4. The summed E-state index contributed by atoms with van der Waals surface area (Å²) in [5.41, 5.74) is 1.05. The van der Waals surface area contributed by atoms with E-state index in [1.165, 1.54) is 31.4 Å². The van der Waals surface area contributed by atoms with Crippen LogP contribution in [0.3, 0.4) is 0 Å². The number of carbonyl (C=O) groups excluding carboxylic acids is 1. The third-order valence-electron chi connectivity index (χ3n) is 3.20. The largest absolute Gasteiger partial charge is 0.465 e. The van der Waals surface area contributed by atoms with Crippen molar-refractivity contribution in [2.24, 2.45) is 0 Å². The lowest BCUT2D eigenvalue weighted by atomic mass is 10.1. The summed E-state index contributed by atoms with van der Waals surface area (Å²) < 4.78 is 32.0. The molecule has 0 saturated carbocycles. The molecule has 116 valence electrons. The Labute approximate surface area is 130 Å². The van der Waals surface area contributed by atoms with Crippen LogP contribution in [0.1, 0.15) is 28.9 Å². The van der Waals surface area contributed by atoms with E-state index in [4.69, 9.17) is 0 Å². The molecule has 1 unspecified atom stereocenters. The van der Waals surface area contributed by atoms with Crippen molar-refractivity contribution in [1.29, 1.82) is 0 Å². The number of methoxy groups -OCH3 is 1. The third-order valence-corrected chi connectivity index (χ3v) is 4.74. The molecule has 2 rings (SSSR count). The lowest BCUT2D eigenvalue weighted by Crippen LogP contribution is -2.27. The standard InChI is InChI=1S/C16H17NO4S/c1-12(13-7-4-3-5-8-13)17-22(19,20)15-10-6-9-14(11-15)16(18)21-2/h3-12,17H,1-2H3. The molecule has 1 N–H and O–H groups in total. The number of carbonyl (C=O) groups is 1. The molecule has 0 aromatic heterocycles. The molecule has 0 aliphatic heterocycles. The summed E-state index contributed by atoms with van der Waals surface area (Å²) in [6.45, 7) is 1.76. The van der Waals surface area contributed by atoms with E-state index >= 15 is 0 Å². The van der Waals surface area contributed by atoms with Gasteiger partial charge in [-0.15, -0.1) is 0 Å². The Balaban J connectivity index is 2.25. The van der Waals surface area contributed by atoms with E-state index in [1.807, 2.05) is 30.3 Å². The van der Waals surface area contributed by atoms with E-state index in [2.05, 4.69) is 9.46 Å². The first-order chi connectivity index (χ1) is 10.4. The summed E-state index contributed by atoms with van der Waals surface area (Å²) in [6, 6.07) is 14.6. The third kappa shape index (κ3) is 3.72. The molecule has 6 heteroatoms. The molecule has 0 radical (unpaired) electrons. The van der Waals surface area contributed by atoms with Gasteiger partial charge in [0.15, 0.2) is 0 Å². The van der Waals surface area contributed by atoms with Gasteiger partial charge >= 0.3 is 5.97 Å². The lowest BCUT2D eigenvalue weighted by Gasteiger charge is -2.15. The molecule has 0 heterocycles. The van der Waals surface area contributed by atoms with Crippen LogP contribution in [0.25, 0.3) is 0 Å². The van der Waals surface area contributed by atoms with Gasteiger partial charge < -0.3 is 4.74 Å². The molecule has 2 aromatic carbocycles. The van der Waals surface area contributed by atoms with Crippen LogP contribution >= 0.6 is 0 Å². The second kappa shape index (κ2) is 6.72. The van der Waals surface area contributed by atoms with Crippen molar-refractivity contribution in [3.63, 3.8) is 0 Å². The van der Waals surface area contributed by atoms with Crippen LogP contribution in [0.5, 0.6) is 0 Å². The highest BCUT2D eigenvalue weighted by atomic mass is 32.2. The van der Waals surface area contributed by atoms with Gasteiger partial charge in [-0.1, -0.05) is 36.4 Å². The predicted molar refractivity (Wildman–Crippen MR) is 83.0 cm³/mol. The minimum atomic E-state index is -3.73. The van der Waals surface area contributed by atoms with Crippen molar-refractivity contribution >= 4 is 16.0 Å². The molecule has 0 aliphatic carbocycles. The van der Waals surface area contributed by atoms with E-state index in [0.717, 1.165) is 5.56 Å². The highest BCUT2D eigenvalue weighted by Crippen LogP contribution is 2.18. The number of hydrogen-bond acceptors (Lipinski definition) is 4. The van der Waals surface area contributed by atoms with Gasteiger partial charge in [0.1, 0.15) is 0 Å². The van der Waals surface area contributed by atoms with Crippen molar-refractivity contribution in [1.82, 2.24) is 4.72 Å². The Morgan fingerprint density at radius 1 is 1.09 bits per heavy atom. The van der Waals surface area contributed by atoms with Crippen molar-refractivity contribution in [2.45, 2.75) is 17.9 Å². The summed E-state index contributed by atoms with van der Waals surface area (Å²) in [7, 11) is -2.48. The first-order valence-electron chi connectivity index (χ1n) is 6.69. The predicted octanol–water partition coefficient (Wildman–Crippen LogP) is 2.51. The average molecular weight is 319 g/mol. The molecule has 0 saturated heterocycles. The molecule has 22 heavy (non-hydrogen) atoms. The SMILES string of the molecule is COC(=O)c1cccc(S(=O)(=O)NC(C)c2ccccc2)c1. The number of esters is 1. The van der Waals surface area contributed by atoms with Gasteiger partial charge in [-0.3, -0.25) is 0 Å². The van der Waals surface area contributed by atoms with Crippen molar-refractivity contribution in [3.8, 4) is 0 Å². The summed E-state index contributed by atoms with van der Waals surface area (Å²) >= 11 is 0. The molecule has 2 aromatic rings. The summed E-state index contributed by atoms with van der Waals surface area (Å²) in [6.07, 6.45) is 0. The number of benzene rings is 2. The van der Waals surface area contributed by atoms with Crippen LogP contribution in [0.15, 0.2) is 59.5 Å². The van der Waals surface area contributed by atoms with Crippen LogP contribution < -0.4 is 4.72 Å². The zero-order valence-corrected chi connectivity index (χ0v) is 13.1. The Morgan fingerprint density at radius 2 is 1.77 bits per heavy atom. The highest BCUT2D eigenvalue weighted by Gasteiger charge is 2.19. The van der Waals surface area contributed by atoms with Gasteiger partial charge in [0.05, 0.1) is 17.6 Å². The second-order valence-corrected chi connectivity index (χ2v) is 6.49. The fourth-order valence-electron chi connectivity index (χ4n) is 2.02. The van der Waals surface area contributed by atoms with Crippen molar-refractivity contribution < 1.29 is 17.9 Å². The van der Waals surface area contributed by atoms with Gasteiger partial charge in [-0.05, 0) is 30.7 Å². The maximum Gasteiger partial charge on any atom is 0.337 e. The Morgan fingerprint density at radius 3 is 2.41 bits per heavy atom. The normalized spacial score (nSPS) is 12.6. The monoisotopic (exact) mass is 319 g/mol. The maximum absolute atomic E-state index is 12.4. The highest BCUT2D eigenvalue weighted by molar-refractivity contribution is 7.89. The zero-order chi connectivity index (χ0) is 16.2. The zero-order valence-electron chi connectivity index (χ0n) is 12.3. The lowest BCUT2D eigenvalue weighted by molar-refractivity contribution is 0.0600. The number of hydrogen-bond donors (Lipinski definition) is 1. The van der Waals surface area contributed by atoms with Crippen molar-refractivity contribution in [2.75, 3.05) is 7.11 Å². The molecule has 0 bridgehead atoms. The van der Waals surface area contributed by atoms with Gasteiger partial charge in [-0.2, -0.15) is 0 Å². The molecule has 0 aliphatic rings. The van der Waals surface area contributed by atoms with E-state index in [0.29, 0.717) is 0 Å². The fraction of sp³-hybridized carbons (Fsp3) is 0.188. The minimum Gasteiger partial charge on any atom is -0.465 e. The van der Waals surface area contributed by atoms with E-state index in [1.54, 1.807) is 6.92 Å². The summed E-state index contributed by atoms with van der Waals surface area (Å²) in [4.78, 5) is 11.5. The van der Waals surface area contributed by atoms with Crippen molar-refractivity contribution in [3.05, 3.63) is 65.7 Å². The summed E-state index contributed by atoms with van der Waals surface area (Å²) in [5, 5.41) is 0. The second-order valence-electron chi connectivity index (χ2n) is 4.77. The molecular weight excluding hydrogens is 302 g/mol. The van der Waals surface area contributed by atoms with E-state index in [9.17, 15) is 13.2 Å². The molecule has 1 atom stereocenters. The van der Waals surface area contributed by atoms with Gasteiger partial charge in [-0.25, -0.2) is 17.9 Å². The number of rotatable bonds is 5. The van der Waals surface area contributed by atoms with Crippen LogP contribution in [0.4, 0.5) is 0 Å². The molecule has 0 spiro atoms. The molecule has 5 nitrogen and oxygen atoms in total. The number of sulfonamides is 1. The molecule has 0 fully saturated rings. The Bertz CT molecular complexity index is 757. The van der Waals surface area contributed by atoms with E-state index in [-0.39, 0.29) is 16.5 Å². The minimum absolute atomic E-state index is 0.0261. The number of nitrogens with one attached hydrogen (secondary N) is 1. The smallest absolute Gasteiger partial charge is 0.337 e. The topological polar surface area (TPSA) is 72.5 Å². The van der Waals surface area contributed by atoms with E-state index < -0.39 is 16.0 Å². The Hall–Kier alpha value is -2.18. The van der Waals surface area contributed by atoms with Crippen LogP contribution in [-0.2, 0) is 14.8 Å². The summed E-state index contributed by atoms with van der Waals surface area (Å²) in [5.74, 6) is -0.576. The van der Waals surface area contributed by atoms with Gasteiger partial charge in [0.25, 0.3) is 0 Å². The van der Waals surface area contributed by atoms with Crippen LogP contribution in [0.2, 0.25) is 0 Å². The van der Waals surface area contributed by atoms with Crippen LogP contribution in [-0.4, -0.2) is 21.5 Å². The average Bonchev–Trinajstić information content (AvgIpc) is 2.54. The van der Waals surface area contributed by atoms with Gasteiger partial charge in [0.2, 0.25) is 10.0 Å². The number of ether oxygens (including phenoxy) is 1. The quantitative estimate of drug-likeness (QED) is 0.860. The molecule has 0 amide bonds.